The minimum atomic E-state index is -3.99. The fraction of sp³-hybridized carbons (Fsp3) is 0.409. The highest BCUT2D eigenvalue weighted by Gasteiger charge is 2.59. The third-order valence-electron chi connectivity index (χ3n) is 6.60. The molecule has 2 aliphatic heterocycles. The number of carbonyl (C=O) groups is 2. The lowest BCUT2D eigenvalue weighted by Crippen LogP contribution is -2.37. The van der Waals surface area contributed by atoms with E-state index in [-0.39, 0.29) is 49.5 Å². The van der Waals surface area contributed by atoms with Crippen molar-refractivity contribution >= 4 is 33.7 Å². The lowest BCUT2D eigenvalue weighted by molar-refractivity contribution is -0.124. The van der Waals surface area contributed by atoms with E-state index in [1.807, 2.05) is 25.1 Å². The number of rotatable bonds is 5. The van der Waals surface area contributed by atoms with Crippen molar-refractivity contribution in [2.45, 2.75) is 25.8 Å². The first kappa shape index (κ1) is 22.5. The normalized spacial score (nSPS) is 22.6. The Labute approximate surface area is 195 Å². The largest absolute Gasteiger partial charge is 0.327 e. The Hall–Kier alpha value is -3.28. The second-order valence-electron chi connectivity index (χ2n) is 8.95. The summed E-state index contributed by atoms with van der Waals surface area (Å²) in [7, 11) is -1.19. The average molecular weight is 492 g/mol. The van der Waals surface area contributed by atoms with Crippen molar-refractivity contribution in [3.8, 4) is 11.3 Å². The van der Waals surface area contributed by atoms with Gasteiger partial charge in [0.05, 0.1) is 11.4 Å². The van der Waals surface area contributed by atoms with Crippen molar-refractivity contribution < 1.29 is 26.8 Å². The zero-order valence-electron chi connectivity index (χ0n) is 18.8. The summed E-state index contributed by atoms with van der Waals surface area (Å²) in [6.45, 7) is 1.84. The second-order valence-corrected chi connectivity index (χ2v) is 10.8. The maximum absolute atomic E-state index is 13.5. The van der Waals surface area contributed by atoms with Gasteiger partial charge in [0.25, 0.3) is 5.92 Å². The van der Waals surface area contributed by atoms with Gasteiger partial charge in [0.2, 0.25) is 5.91 Å². The smallest absolute Gasteiger partial charge is 0.311 e. The van der Waals surface area contributed by atoms with E-state index in [0.29, 0.717) is 5.69 Å². The molecule has 5 rings (SSSR count). The number of alkyl halides is 2. The van der Waals surface area contributed by atoms with E-state index >= 15 is 0 Å². The molecule has 1 aromatic carbocycles. The van der Waals surface area contributed by atoms with E-state index in [2.05, 4.69) is 4.98 Å². The van der Waals surface area contributed by atoms with E-state index in [1.54, 1.807) is 12.1 Å². The number of aromatic nitrogens is 1. The molecule has 0 spiro atoms. The Morgan fingerprint density at radius 2 is 1.85 bits per heavy atom. The van der Waals surface area contributed by atoms with Gasteiger partial charge in [-0.05, 0) is 36.2 Å². The van der Waals surface area contributed by atoms with E-state index in [4.69, 9.17) is 0 Å². The molecule has 1 atom stereocenters. The molecular formula is C22H23F2N5O4S. The molecule has 3 heterocycles. The number of aryl methyl sites for hydroxylation is 1. The van der Waals surface area contributed by atoms with Gasteiger partial charge in [-0.15, -0.1) is 0 Å². The minimum Gasteiger partial charge on any atom is -0.311 e. The molecule has 2 fully saturated rings. The summed E-state index contributed by atoms with van der Waals surface area (Å²) in [6.07, 6.45) is -0.323. The Bertz CT molecular complexity index is 1330. The zero-order valence-corrected chi connectivity index (χ0v) is 19.6. The maximum atomic E-state index is 13.5. The predicted octanol–water partition coefficient (Wildman–Crippen LogP) is 2.61. The van der Waals surface area contributed by atoms with Crippen molar-refractivity contribution in [2.75, 3.05) is 35.8 Å². The Balaban J connectivity index is 1.46. The van der Waals surface area contributed by atoms with Crippen LogP contribution in [0.15, 0.2) is 30.3 Å². The van der Waals surface area contributed by atoms with Crippen LogP contribution in [0.3, 0.4) is 0 Å². The summed E-state index contributed by atoms with van der Waals surface area (Å²) in [5.74, 6) is -3.93. The van der Waals surface area contributed by atoms with Crippen LogP contribution < -0.4 is 8.61 Å². The van der Waals surface area contributed by atoms with Gasteiger partial charge in [-0.2, -0.15) is 8.42 Å². The lowest BCUT2D eigenvalue weighted by Gasteiger charge is -2.18. The van der Waals surface area contributed by atoms with Crippen molar-refractivity contribution in [1.29, 1.82) is 0 Å². The predicted molar refractivity (Wildman–Crippen MR) is 121 cm³/mol. The summed E-state index contributed by atoms with van der Waals surface area (Å²) in [5.41, 5.74) is 3.20. The Morgan fingerprint density at radius 1 is 1.15 bits per heavy atom. The molecule has 0 N–H and O–H groups in total. The molecule has 34 heavy (non-hydrogen) atoms. The molecule has 0 radical (unpaired) electrons. The Morgan fingerprint density at radius 3 is 2.47 bits per heavy atom. The topological polar surface area (TPSA) is 94.1 Å². The number of imide groups is 1. The van der Waals surface area contributed by atoms with Crippen LogP contribution in [0.1, 0.15) is 17.5 Å². The molecule has 1 saturated carbocycles. The number of anilines is 2. The first-order chi connectivity index (χ1) is 15.9. The molecular weight excluding hydrogens is 468 g/mol. The third kappa shape index (κ3) is 3.47. The van der Waals surface area contributed by atoms with E-state index in [1.165, 1.54) is 19.0 Å². The molecule has 0 bridgehead atoms. The SMILES string of the molecule is Cc1ccc(CN2CC(=O)N(C)C2=O)cc1-c1ccc2c(n1)N(C)S(=O)(=O)N2CC1CC1(F)F. The first-order valence-corrected chi connectivity index (χ1v) is 12.1. The Kier molecular flexibility index (Phi) is 4.87. The number of hydrogen-bond donors (Lipinski definition) is 0. The first-order valence-electron chi connectivity index (χ1n) is 10.7. The number of benzene rings is 1. The molecule has 3 amide bonds. The third-order valence-corrected chi connectivity index (χ3v) is 8.36. The standard InChI is InChI=1S/C22H23F2N5O4S/c1-13-4-5-14(10-28-12-19(30)26(2)21(28)31)8-16(13)17-6-7-18-20(25-17)27(3)34(32,33)29(18)11-15-9-22(15,23)24/h4-8,15H,9-12H2,1-3H3. The summed E-state index contributed by atoms with van der Waals surface area (Å²) < 4.78 is 54.7. The highest BCUT2D eigenvalue weighted by molar-refractivity contribution is 7.94. The van der Waals surface area contributed by atoms with Gasteiger partial charge in [0, 0.05) is 45.1 Å². The van der Waals surface area contributed by atoms with Crippen LogP contribution >= 0.6 is 0 Å². The van der Waals surface area contributed by atoms with Crippen LogP contribution in [0.2, 0.25) is 0 Å². The van der Waals surface area contributed by atoms with Gasteiger partial charge in [0.1, 0.15) is 6.54 Å². The van der Waals surface area contributed by atoms with Gasteiger partial charge in [-0.3, -0.25) is 9.69 Å². The van der Waals surface area contributed by atoms with E-state index in [9.17, 15) is 26.8 Å². The highest BCUT2D eigenvalue weighted by atomic mass is 32.2. The molecule has 3 aliphatic rings. The van der Waals surface area contributed by atoms with Crippen molar-refractivity contribution in [1.82, 2.24) is 14.8 Å². The fourth-order valence-electron chi connectivity index (χ4n) is 4.30. The fourth-order valence-corrected chi connectivity index (χ4v) is 5.71. The minimum absolute atomic E-state index is 0.00810. The monoisotopic (exact) mass is 491 g/mol. The van der Waals surface area contributed by atoms with Gasteiger partial charge < -0.3 is 4.90 Å². The molecule has 1 aromatic heterocycles. The molecule has 1 saturated heterocycles. The number of pyridine rings is 1. The second kappa shape index (κ2) is 7.36. The van der Waals surface area contributed by atoms with Gasteiger partial charge in [-0.1, -0.05) is 12.1 Å². The zero-order chi connectivity index (χ0) is 24.6. The van der Waals surface area contributed by atoms with Crippen LogP contribution in [0.25, 0.3) is 11.3 Å². The number of urea groups is 1. The lowest BCUT2D eigenvalue weighted by atomic mass is 10.0. The summed E-state index contributed by atoms with van der Waals surface area (Å²) in [4.78, 5) is 31.1. The van der Waals surface area contributed by atoms with Crippen LogP contribution in [-0.2, 0) is 21.5 Å². The van der Waals surface area contributed by atoms with Crippen molar-refractivity contribution in [2.24, 2.45) is 5.92 Å². The highest BCUT2D eigenvalue weighted by Crippen LogP contribution is 2.51. The molecule has 9 nitrogen and oxygen atoms in total. The number of fused-ring (bicyclic) bond motifs is 1. The molecule has 2 aromatic rings. The van der Waals surface area contributed by atoms with E-state index in [0.717, 1.165) is 30.2 Å². The van der Waals surface area contributed by atoms with Crippen LogP contribution in [0.4, 0.5) is 25.1 Å². The number of nitrogens with zero attached hydrogens (tertiary/aromatic N) is 5. The number of amides is 3. The maximum Gasteiger partial charge on any atom is 0.327 e. The summed E-state index contributed by atoms with van der Waals surface area (Å²) >= 11 is 0. The summed E-state index contributed by atoms with van der Waals surface area (Å²) in [6, 6.07) is 8.46. The number of hydrogen-bond acceptors (Lipinski definition) is 5. The van der Waals surface area contributed by atoms with Crippen LogP contribution in [0, 0.1) is 12.8 Å². The quantitative estimate of drug-likeness (QED) is 0.600. The summed E-state index contributed by atoms with van der Waals surface area (Å²) in [5, 5.41) is 0. The van der Waals surface area contributed by atoms with Crippen LogP contribution in [-0.4, -0.2) is 68.2 Å². The van der Waals surface area contributed by atoms with Crippen molar-refractivity contribution in [3.05, 3.63) is 41.5 Å². The number of halogens is 2. The van der Waals surface area contributed by atoms with Gasteiger partial charge >= 0.3 is 16.2 Å². The van der Waals surface area contributed by atoms with Gasteiger partial charge in [0.15, 0.2) is 5.82 Å². The molecule has 12 heteroatoms. The van der Waals surface area contributed by atoms with Crippen LogP contribution in [0.5, 0.6) is 0 Å². The number of carbonyl (C=O) groups excluding carboxylic acids is 2. The van der Waals surface area contributed by atoms with Crippen molar-refractivity contribution in [3.63, 3.8) is 0 Å². The molecule has 180 valence electrons. The van der Waals surface area contributed by atoms with Gasteiger partial charge in [-0.25, -0.2) is 27.2 Å². The average Bonchev–Trinajstić information content (AvgIpc) is 3.26. The number of likely N-dealkylation sites (N-methyl/N-ethyl adjacent to an activating group) is 1. The van der Waals surface area contributed by atoms with E-state index < -0.39 is 22.0 Å². The molecule has 1 aliphatic carbocycles. The molecule has 1 unspecified atom stereocenters.